The van der Waals surface area contributed by atoms with Gasteiger partial charge in [0.05, 0.1) is 6.54 Å². The lowest BCUT2D eigenvalue weighted by Crippen LogP contribution is -2.56. The number of nitrogen functional groups attached to an aromatic ring is 1. The summed E-state index contributed by atoms with van der Waals surface area (Å²) in [6.45, 7) is 5.86. The number of thiophene rings is 1. The molecule has 0 saturated carbocycles. The second-order valence-corrected chi connectivity index (χ2v) is 9.01. The van der Waals surface area contributed by atoms with Gasteiger partial charge in [-0.1, -0.05) is 0 Å². The van der Waals surface area contributed by atoms with Gasteiger partial charge >= 0.3 is 6.09 Å². The molecule has 8 heteroatoms. The molecule has 0 unspecified atom stereocenters. The van der Waals surface area contributed by atoms with Crippen molar-refractivity contribution in [3.8, 4) is 0 Å². The minimum Gasteiger partial charge on any atom is -0.444 e. The highest BCUT2D eigenvalue weighted by atomic mass is 32.1. The molecular weight excluding hydrogens is 352 g/mol. The molecular formula is C18H26N4O3S. The van der Waals surface area contributed by atoms with Crippen LogP contribution in [0.5, 0.6) is 0 Å². The van der Waals surface area contributed by atoms with Crippen LogP contribution in [0.4, 0.5) is 4.79 Å². The number of carbonyl (C=O) groups is 2. The van der Waals surface area contributed by atoms with Gasteiger partial charge in [0.2, 0.25) is 5.91 Å². The SMILES string of the molecule is CC(C)(C)OC(=O)N1C2CCC1(C(=O)NCc1cc(C(=N)N)cs1)CC2. The Morgan fingerprint density at radius 3 is 2.62 bits per heavy atom. The molecule has 2 aliphatic heterocycles. The van der Waals surface area contributed by atoms with Gasteiger partial charge in [-0.3, -0.25) is 15.1 Å². The molecule has 142 valence electrons. The molecule has 2 bridgehead atoms. The Kier molecular flexibility index (Phi) is 4.72. The molecule has 0 atom stereocenters. The van der Waals surface area contributed by atoms with Crippen LogP contribution in [0, 0.1) is 5.41 Å². The monoisotopic (exact) mass is 378 g/mol. The predicted octanol–water partition coefficient (Wildman–Crippen LogP) is 2.58. The summed E-state index contributed by atoms with van der Waals surface area (Å²) in [4.78, 5) is 28.3. The minimum atomic E-state index is -0.798. The van der Waals surface area contributed by atoms with Gasteiger partial charge in [-0.05, 0) is 52.5 Å². The van der Waals surface area contributed by atoms with Gasteiger partial charge in [-0.15, -0.1) is 11.3 Å². The van der Waals surface area contributed by atoms with E-state index in [4.69, 9.17) is 15.9 Å². The van der Waals surface area contributed by atoms with E-state index in [0.29, 0.717) is 24.9 Å². The Morgan fingerprint density at radius 1 is 1.42 bits per heavy atom. The molecule has 2 amide bonds. The zero-order chi connectivity index (χ0) is 19.1. The highest BCUT2D eigenvalue weighted by Gasteiger charge is 2.59. The van der Waals surface area contributed by atoms with Crippen LogP contribution in [0.25, 0.3) is 0 Å². The number of amides is 2. The molecule has 0 spiro atoms. The van der Waals surface area contributed by atoms with Crippen LogP contribution in [-0.4, -0.2) is 39.9 Å². The summed E-state index contributed by atoms with van der Waals surface area (Å²) in [7, 11) is 0. The number of nitrogens with one attached hydrogen (secondary N) is 2. The van der Waals surface area contributed by atoms with Crippen LogP contribution in [0.15, 0.2) is 11.4 Å². The third-order valence-electron chi connectivity index (χ3n) is 5.01. The van der Waals surface area contributed by atoms with Crippen molar-refractivity contribution in [3.05, 3.63) is 21.9 Å². The summed E-state index contributed by atoms with van der Waals surface area (Å²) in [6, 6.07) is 1.89. The fourth-order valence-electron chi connectivity index (χ4n) is 3.85. The number of nitrogens with zero attached hydrogens (tertiary/aromatic N) is 1. The smallest absolute Gasteiger partial charge is 0.411 e. The van der Waals surface area contributed by atoms with E-state index < -0.39 is 17.2 Å². The molecule has 2 aliphatic rings. The van der Waals surface area contributed by atoms with Crippen molar-refractivity contribution in [2.24, 2.45) is 5.73 Å². The molecule has 0 aromatic carbocycles. The van der Waals surface area contributed by atoms with Gasteiger partial charge in [0.15, 0.2) is 0 Å². The number of hydrogen-bond acceptors (Lipinski definition) is 5. The summed E-state index contributed by atoms with van der Waals surface area (Å²) >= 11 is 1.45. The van der Waals surface area contributed by atoms with Crippen molar-refractivity contribution >= 4 is 29.2 Å². The maximum atomic E-state index is 13.0. The van der Waals surface area contributed by atoms with Crippen molar-refractivity contribution in [2.45, 2.75) is 70.2 Å². The van der Waals surface area contributed by atoms with Crippen LogP contribution in [0.1, 0.15) is 56.9 Å². The summed E-state index contributed by atoms with van der Waals surface area (Å²) in [5, 5.41) is 12.2. The van der Waals surface area contributed by atoms with E-state index in [9.17, 15) is 9.59 Å². The van der Waals surface area contributed by atoms with Crippen LogP contribution < -0.4 is 11.1 Å². The summed E-state index contributed by atoms with van der Waals surface area (Å²) in [5.41, 5.74) is 4.75. The zero-order valence-corrected chi connectivity index (χ0v) is 16.2. The number of carbonyl (C=O) groups excluding carboxylic acids is 2. The third kappa shape index (κ3) is 3.42. The number of rotatable bonds is 4. The van der Waals surface area contributed by atoms with Gasteiger partial charge in [-0.25, -0.2) is 4.79 Å². The van der Waals surface area contributed by atoms with E-state index >= 15 is 0 Å². The molecule has 3 rings (SSSR count). The Bertz CT molecular complexity index is 729. The van der Waals surface area contributed by atoms with Crippen molar-refractivity contribution in [1.82, 2.24) is 10.2 Å². The van der Waals surface area contributed by atoms with E-state index in [-0.39, 0.29) is 17.8 Å². The molecule has 2 fully saturated rings. The van der Waals surface area contributed by atoms with Crippen molar-refractivity contribution < 1.29 is 14.3 Å². The van der Waals surface area contributed by atoms with Gasteiger partial charge in [0.1, 0.15) is 17.0 Å². The number of nitrogens with two attached hydrogens (primary N) is 1. The lowest BCUT2D eigenvalue weighted by Gasteiger charge is -2.34. The van der Waals surface area contributed by atoms with Crippen molar-refractivity contribution in [3.63, 3.8) is 0 Å². The van der Waals surface area contributed by atoms with Gasteiger partial charge in [0, 0.05) is 21.9 Å². The maximum Gasteiger partial charge on any atom is 0.411 e. The zero-order valence-electron chi connectivity index (χ0n) is 15.4. The number of fused-ring (bicyclic) bond motifs is 2. The van der Waals surface area contributed by atoms with E-state index in [2.05, 4.69) is 5.32 Å². The molecule has 1 aromatic heterocycles. The highest BCUT2D eigenvalue weighted by Crippen LogP contribution is 2.47. The first-order valence-electron chi connectivity index (χ1n) is 8.85. The second-order valence-electron chi connectivity index (χ2n) is 8.01. The molecule has 0 aliphatic carbocycles. The van der Waals surface area contributed by atoms with Crippen LogP contribution in [-0.2, 0) is 16.1 Å². The van der Waals surface area contributed by atoms with Crippen molar-refractivity contribution in [2.75, 3.05) is 0 Å². The molecule has 3 heterocycles. The quantitative estimate of drug-likeness (QED) is 0.553. The fraction of sp³-hybridized carbons (Fsp3) is 0.611. The summed E-state index contributed by atoms with van der Waals surface area (Å²) < 4.78 is 5.54. The largest absolute Gasteiger partial charge is 0.444 e. The second kappa shape index (κ2) is 6.57. The van der Waals surface area contributed by atoms with E-state index in [1.54, 1.807) is 10.3 Å². The predicted molar refractivity (Wildman–Crippen MR) is 100 cm³/mol. The van der Waals surface area contributed by atoms with Gasteiger partial charge in [0.25, 0.3) is 0 Å². The molecule has 0 radical (unpaired) electrons. The first kappa shape index (κ1) is 18.7. The third-order valence-corrected chi connectivity index (χ3v) is 5.95. The van der Waals surface area contributed by atoms with E-state index in [1.165, 1.54) is 11.3 Å². The lowest BCUT2D eigenvalue weighted by molar-refractivity contribution is -0.131. The Hall–Kier alpha value is -2.09. The minimum absolute atomic E-state index is 0.0166. The Morgan fingerprint density at radius 2 is 2.08 bits per heavy atom. The average Bonchev–Trinajstić information content (AvgIpc) is 3.24. The topological polar surface area (TPSA) is 109 Å². The standard InChI is InChI=1S/C18H26N4O3S/c1-17(2,3)25-16(24)22-12-4-6-18(22,7-5-12)15(23)21-9-13-8-11(10-26-13)14(19)20/h8,10,12H,4-7,9H2,1-3H3,(H3,19,20)(H,21,23). The summed E-state index contributed by atoms with van der Waals surface area (Å²) in [5.74, 6) is -0.107. The maximum absolute atomic E-state index is 13.0. The molecule has 2 saturated heterocycles. The molecule has 26 heavy (non-hydrogen) atoms. The fourth-order valence-corrected chi connectivity index (χ4v) is 4.67. The van der Waals surface area contributed by atoms with Crippen LogP contribution >= 0.6 is 11.3 Å². The highest BCUT2D eigenvalue weighted by molar-refractivity contribution is 7.10. The molecule has 4 N–H and O–H groups in total. The van der Waals surface area contributed by atoms with Crippen LogP contribution in [0.2, 0.25) is 0 Å². The van der Waals surface area contributed by atoms with Crippen LogP contribution in [0.3, 0.4) is 0 Å². The Labute approximate surface area is 157 Å². The molecule has 1 aromatic rings. The normalized spacial score (nSPS) is 24.6. The first-order chi connectivity index (χ1) is 12.1. The summed E-state index contributed by atoms with van der Waals surface area (Å²) in [6.07, 6.45) is 2.61. The molecule has 7 nitrogen and oxygen atoms in total. The number of amidine groups is 1. The lowest BCUT2D eigenvalue weighted by atomic mass is 9.87. The first-order valence-corrected chi connectivity index (χ1v) is 9.73. The average molecular weight is 378 g/mol. The number of ether oxygens (including phenoxy) is 1. The Balaban J connectivity index is 1.70. The van der Waals surface area contributed by atoms with E-state index in [1.807, 2.05) is 26.8 Å². The van der Waals surface area contributed by atoms with Gasteiger partial charge < -0.3 is 15.8 Å². The van der Waals surface area contributed by atoms with Crippen molar-refractivity contribution in [1.29, 1.82) is 5.41 Å². The number of hydrogen-bond donors (Lipinski definition) is 3. The van der Waals surface area contributed by atoms with Gasteiger partial charge in [-0.2, -0.15) is 0 Å². The van der Waals surface area contributed by atoms with E-state index in [0.717, 1.165) is 17.7 Å².